The van der Waals surface area contributed by atoms with Gasteiger partial charge in [-0.2, -0.15) is 0 Å². The molecule has 3 heterocycles. The molecule has 4 aromatic rings. The van der Waals surface area contributed by atoms with E-state index in [9.17, 15) is 13.2 Å². The van der Waals surface area contributed by atoms with Gasteiger partial charge in [-0.15, -0.1) is 10.2 Å². The first kappa shape index (κ1) is 26.2. The van der Waals surface area contributed by atoms with Crippen LogP contribution in [0.15, 0.2) is 53.3 Å². The van der Waals surface area contributed by atoms with Crippen LogP contribution in [0.1, 0.15) is 28.8 Å². The van der Waals surface area contributed by atoms with Crippen LogP contribution >= 0.6 is 11.6 Å². The fraction of sp³-hybridized carbons (Fsp3) is 0.250. The monoisotopic (exact) mass is 545 g/mol. The number of rotatable bonds is 10. The number of nitrogens with two attached hydrogens (primary N) is 1. The molecular formula is C24H24ClN5O6S. The number of hydrogen-bond acceptors (Lipinski definition) is 9. The van der Waals surface area contributed by atoms with Gasteiger partial charge >= 0.3 is 0 Å². The summed E-state index contributed by atoms with van der Waals surface area (Å²) in [5.74, 6) is 0.337. The van der Waals surface area contributed by atoms with E-state index in [0.29, 0.717) is 22.9 Å². The standard InChI is InChI=1S/C24H24ClN5O6S/c1-14(10-17-16(23(26)31)11-15(25)12-27-17)37(32,33)13-21-28-29-24(20-8-5-9-36-20)30(21)22-18(34-2)6-4-7-19(22)35-3/h4-9,11-12,14H,10,13H2,1-3H3,(H2,26,31)/t14-/m0/s1. The van der Waals surface area contributed by atoms with Crippen molar-refractivity contribution in [2.45, 2.75) is 24.3 Å². The van der Waals surface area contributed by atoms with Crippen molar-refractivity contribution in [3.05, 3.63) is 71.0 Å². The zero-order valence-electron chi connectivity index (χ0n) is 20.2. The molecule has 37 heavy (non-hydrogen) atoms. The van der Waals surface area contributed by atoms with Crippen molar-refractivity contribution in [2.24, 2.45) is 5.73 Å². The maximum Gasteiger partial charge on any atom is 0.250 e. The van der Waals surface area contributed by atoms with Crippen LogP contribution in [0.5, 0.6) is 11.5 Å². The summed E-state index contributed by atoms with van der Waals surface area (Å²) in [7, 11) is -0.871. The number of para-hydroxylation sites is 1. The molecule has 194 valence electrons. The van der Waals surface area contributed by atoms with E-state index < -0.39 is 26.7 Å². The maximum atomic E-state index is 13.5. The van der Waals surface area contributed by atoms with Gasteiger partial charge in [-0.1, -0.05) is 17.7 Å². The van der Waals surface area contributed by atoms with E-state index in [2.05, 4.69) is 15.2 Å². The number of pyridine rings is 1. The Kier molecular flexibility index (Phi) is 7.50. The summed E-state index contributed by atoms with van der Waals surface area (Å²) in [6.07, 6.45) is 2.75. The summed E-state index contributed by atoms with van der Waals surface area (Å²) in [6, 6.07) is 9.89. The first-order valence-electron chi connectivity index (χ1n) is 11.0. The molecule has 0 radical (unpaired) electrons. The number of halogens is 1. The van der Waals surface area contributed by atoms with Crippen LogP contribution in [-0.4, -0.2) is 53.5 Å². The van der Waals surface area contributed by atoms with Gasteiger partial charge in [-0.25, -0.2) is 8.42 Å². The van der Waals surface area contributed by atoms with Gasteiger partial charge in [0.2, 0.25) is 5.82 Å². The highest BCUT2D eigenvalue weighted by atomic mass is 35.5. The molecule has 1 aromatic carbocycles. The van der Waals surface area contributed by atoms with Crippen molar-refractivity contribution in [3.63, 3.8) is 0 Å². The molecular weight excluding hydrogens is 522 g/mol. The van der Waals surface area contributed by atoms with E-state index in [-0.39, 0.29) is 34.3 Å². The first-order chi connectivity index (χ1) is 17.7. The van der Waals surface area contributed by atoms with Gasteiger partial charge in [0.25, 0.3) is 5.91 Å². The van der Waals surface area contributed by atoms with E-state index in [1.807, 2.05) is 0 Å². The van der Waals surface area contributed by atoms with Gasteiger partial charge in [-0.05, 0) is 37.3 Å². The van der Waals surface area contributed by atoms with Crippen LogP contribution in [-0.2, 0) is 22.0 Å². The number of nitrogens with zero attached hydrogens (tertiary/aromatic N) is 4. The van der Waals surface area contributed by atoms with E-state index >= 15 is 0 Å². The Labute approximate surface area is 218 Å². The lowest BCUT2D eigenvalue weighted by Gasteiger charge is -2.18. The minimum absolute atomic E-state index is 0.0606. The molecule has 0 bridgehead atoms. The Morgan fingerprint density at radius 1 is 1.16 bits per heavy atom. The Bertz CT molecular complexity index is 1510. The molecule has 0 spiro atoms. The highest BCUT2D eigenvalue weighted by molar-refractivity contribution is 7.91. The van der Waals surface area contributed by atoms with E-state index in [4.69, 9.17) is 31.2 Å². The Morgan fingerprint density at radius 2 is 1.86 bits per heavy atom. The highest BCUT2D eigenvalue weighted by Crippen LogP contribution is 2.37. The number of primary amides is 1. The largest absolute Gasteiger partial charge is 0.494 e. The molecule has 4 rings (SSSR count). The highest BCUT2D eigenvalue weighted by Gasteiger charge is 2.30. The third-order valence-electron chi connectivity index (χ3n) is 5.72. The molecule has 1 atom stereocenters. The molecule has 13 heteroatoms. The Balaban J connectivity index is 1.77. The number of benzene rings is 1. The zero-order valence-corrected chi connectivity index (χ0v) is 21.8. The average Bonchev–Trinajstić information content (AvgIpc) is 3.54. The van der Waals surface area contributed by atoms with E-state index in [0.717, 1.165) is 0 Å². The van der Waals surface area contributed by atoms with Crippen LogP contribution in [0.3, 0.4) is 0 Å². The predicted octanol–water partition coefficient (Wildman–Crippen LogP) is 3.24. The quantitative estimate of drug-likeness (QED) is 0.316. The molecule has 2 N–H and O–H groups in total. The predicted molar refractivity (Wildman–Crippen MR) is 136 cm³/mol. The van der Waals surface area contributed by atoms with Gasteiger partial charge in [0.05, 0.1) is 42.0 Å². The summed E-state index contributed by atoms with van der Waals surface area (Å²) in [6.45, 7) is 1.52. The molecule has 0 unspecified atom stereocenters. The topological polar surface area (TPSA) is 152 Å². The SMILES string of the molecule is COc1cccc(OC)c1-n1c(CS(=O)(=O)[C@@H](C)Cc2ncc(Cl)cc2C(N)=O)nnc1-c1ccco1. The molecule has 0 aliphatic rings. The lowest BCUT2D eigenvalue weighted by molar-refractivity contribution is 0.0999. The third kappa shape index (κ3) is 5.30. The molecule has 0 fully saturated rings. The second-order valence-electron chi connectivity index (χ2n) is 8.10. The van der Waals surface area contributed by atoms with E-state index in [1.54, 1.807) is 30.3 Å². The van der Waals surface area contributed by atoms with Gasteiger partial charge in [0.1, 0.15) is 22.9 Å². The minimum Gasteiger partial charge on any atom is -0.494 e. The van der Waals surface area contributed by atoms with Crippen molar-refractivity contribution in [3.8, 4) is 28.8 Å². The number of amides is 1. The van der Waals surface area contributed by atoms with Gasteiger partial charge in [0.15, 0.2) is 21.4 Å². The maximum absolute atomic E-state index is 13.5. The molecule has 3 aromatic heterocycles. The van der Waals surface area contributed by atoms with Crippen molar-refractivity contribution in [2.75, 3.05) is 14.2 Å². The summed E-state index contributed by atoms with van der Waals surface area (Å²) in [5.41, 5.74) is 6.15. The molecule has 0 aliphatic carbocycles. The lowest BCUT2D eigenvalue weighted by atomic mass is 10.1. The normalized spacial score (nSPS) is 12.3. The Morgan fingerprint density at radius 3 is 2.46 bits per heavy atom. The van der Waals surface area contributed by atoms with Crippen molar-refractivity contribution < 1.29 is 27.1 Å². The number of furan rings is 1. The summed E-state index contributed by atoms with van der Waals surface area (Å²) < 4.78 is 45.2. The zero-order chi connectivity index (χ0) is 26.7. The molecule has 0 aliphatic heterocycles. The average molecular weight is 546 g/mol. The van der Waals surface area contributed by atoms with Crippen molar-refractivity contribution in [1.29, 1.82) is 0 Å². The van der Waals surface area contributed by atoms with Gasteiger partial charge in [-0.3, -0.25) is 14.3 Å². The molecule has 11 nitrogen and oxygen atoms in total. The summed E-state index contributed by atoms with van der Waals surface area (Å²) in [4.78, 5) is 16.0. The minimum atomic E-state index is -3.85. The third-order valence-corrected chi connectivity index (χ3v) is 7.98. The van der Waals surface area contributed by atoms with Crippen LogP contribution in [0.2, 0.25) is 5.02 Å². The first-order valence-corrected chi connectivity index (χ1v) is 13.1. The van der Waals surface area contributed by atoms with Crippen molar-refractivity contribution in [1.82, 2.24) is 19.7 Å². The van der Waals surface area contributed by atoms with Crippen LogP contribution in [0, 0.1) is 0 Å². The smallest absolute Gasteiger partial charge is 0.250 e. The summed E-state index contributed by atoms with van der Waals surface area (Å²) in [5, 5.41) is 7.67. The lowest BCUT2D eigenvalue weighted by Crippen LogP contribution is -2.26. The van der Waals surface area contributed by atoms with Crippen LogP contribution in [0.25, 0.3) is 17.3 Å². The Hall–Kier alpha value is -3.90. The number of aromatic nitrogens is 4. The van der Waals surface area contributed by atoms with Crippen molar-refractivity contribution >= 4 is 27.3 Å². The summed E-state index contributed by atoms with van der Waals surface area (Å²) >= 11 is 5.93. The number of hydrogen-bond donors (Lipinski definition) is 1. The van der Waals surface area contributed by atoms with Gasteiger partial charge in [0, 0.05) is 12.6 Å². The fourth-order valence-corrected chi connectivity index (χ4v) is 5.23. The van der Waals surface area contributed by atoms with E-state index in [1.165, 1.54) is 44.2 Å². The fourth-order valence-electron chi connectivity index (χ4n) is 3.83. The second kappa shape index (κ2) is 10.6. The second-order valence-corrected chi connectivity index (χ2v) is 11.0. The number of carbonyl (C=O) groups is 1. The van der Waals surface area contributed by atoms with Crippen LogP contribution in [0.4, 0.5) is 0 Å². The number of methoxy groups -OCH3 is 2. The van der Waals surface area contributed by atoms with Crippen LogP contribution < -0.4 is 15.2 Å². The molecule has 0 saturated carbocycles. The number of carbonyl (C=O) groups excluding carboxylic acids is 1. The van der Waals surface area contributed by atoms with Gasteiger partial charge < -0.3 is 19.6 Å². The number of ether oxygens (including phenoxy) is 2. The molecule has 1 amide bonds. The number of sulfone groups is 1. The molecule has 0 saturated heterocycles.